The van der Waals surface area contributed by atoms with Crippen molar-refractivity contribution < 1.29 is 24.5 Å². The monoisotopic (exact) mass is 922 g/mol. The number of nitrogens with one attached hydrogen (secondary N) is 1. The van der Waals surface area contributed by atoms with Gasteiger partial charge in [-0.1, -0.05) is 248 Å². The summed E-state index contributed by atoms with van der Waals surface area (Å²) in [6, 6.07) is -0.733. The lowest BCUT2D eigenvalue weighted by Crippen LogP contribution is -2.46. The van der Waals surface area contributed by atoms with Crippen LogP contribution in [0.4, 0.5) is 0 Å². The van der Waals surface area contributed by atoms with E-state index in [0.717, 1.165) is 64.2 Å². The summed E-state index contributed by atoms with van der Waals surface area (Å²) in [5.41, 5.74) is 0. The SMILES string of the molecule is CCCCC/C=C\C/C=C\C/C=C\C/C=C\CCCC(CC(=O)NC(CO)C(O)CCCCCCCCCCCCCCCCCCC)OC(=O)CC/C=C/C/C=C\CCCCCCCC. The van der Waals surface area contributed by atoms with E-state index in [1.165, 1.54) is 154 Å². The molecule has 66 heavy (non-hydrogen) atoms. The lowest BCUT2D eigenvalue weighted by molar-refractivity contribution is -0.150. The van der Waals surface area contributed by atoms with Crippen molar-refractivity contribution >= 4 is 11.9 Å². The van der Waals surface area contributed by atoms with E-state index < -0.39 is 18.2 Å². The van der Waals surface area contributed by atoms with Crippen LogP contribution < -0.4 is 5.32 Å². The van der Waals surface area contributed by atoms with Gasteiger partial charge in [-0.25, -0.2) is 0 Å². The average molecular weight is 923 g/mol. The number of allylic oxidation sites excluding steroid dienone is 12. The van der Waals surface area contributed by atoms with Crippen molar-refractivity contribution in [2.24, 2.45) is 0 Å². The zero-order valence-corrected chi connectivity index (χ0v) is 43.6. The Morgan fingerprint density at radius 3 is 1.23 bits per heavy atom. The first kappa shape index (κ1) is 63.3. The second-order valence-electron chi connectivity index (χ2n) is 19.0. The van der Waals surface area contributed by atoms with Crippen molar-refractivity contribution in [1.82, 2.24) is 5.32 Å². The number of rotatable bonds is 50. The molecule has 382 valence electrons. The maximum absolute atomic E-state index is 13.2. The third-order valence-corrected chi connectivity index (χ3v) is 12.5. The summed E-state index contributed by atoms with van der Waals surface area (Å²) in [4.78, 5) is 26.2. The van der Waals surface area contributed by atoms with Gasteiger partial charge >= 0.3 is 5.97 Å². The number of ether oxygens (including phenoxy) is 1. The highest BCUT2D eigenvalue weighted by molar-refractivity contribution is 5.77. The van der Waals surface area contributed by atoms with Crippen LogP contribution in [0.25, 0.3) is 0 Å². The molecule has 0 aromatic rings. The average Bonchev–Trinajstić information content (AvgIpc) is 3.31. The molecule has 3 unspecified atom stereocenters. The molecule has 0 bridgehead atoms. The Hall–Kier alpha value is -2.70. The van der Waals surface area contributed by atoms with Gasteiger partial charge < -0.3 is 20.3 Å². The predicted octanol–water partition coefficient (Wildman–Crippen LogP) is 17.3. The fourth-order valence-electron chi connectivity index (χ4n) is 8.24. The summed E-state index contributed by atoms with van der Waals surface area (Å²) < 4.78 is 5.88. The molecular formula is C60H107NO5. The number of esters is 1. The second-order valence-corrected chi connectivity index (χ2v) is 19.0. The van der Waals surface area contributed by atoms with E-state index in [0.29, 0.717) is 19.3 Å². The number of hydrogen-bond acceptors (Lipinski definition) is 5. The summed E-state index contributed by atoms with van der Waals surface area (Å²) in [7, 11) is 0. The van der Waals surface area contributed by atoms with E-state index in [-0.39, 0.29) is 31.3 Å². The van der Waals surface area contributed by atoms with Gasteiger partial charge in [-0.3, -0.25) is 9.59 Å². The van der Waals surface area contributed by atoms with Crippen LogP contribution in [-0.2, 0) is 14.3 Å². The fraction of sp³-hybridized carbons (Fsp3) is 0.767. The van der Waals surface area contributed by atoms with Crippen molar-refractivity contribution in [3.63, 3.8) is 0 Å². The summed E-state index contributed by atoms with van der Waals surface area (Å²) >= 11 is 0. The summed E-state index contributed by atoms with van der Waals surface area (Å²) in [6.45, 7) is 6.43. The second kappa shape index (κ2) is 53.3. The molecule has 0 saturated carbocycles. The quantitative estimate of drug-likeness (QED) is 0.0321. The number of aliphatic hydroxyl groups is 2. The van der Waals surface area contributed by atoms with Gasteiger partial charge in [-0.15, -0.1) is 0 Å². The molecule has 0 spiro atoms. The first-order valence-corrected chi connectivity index (χ1v) is 28.2. The lowest BCUT2D eigenvalue weighted by atomic mass is 10.0. The lowest BCUT2D eigenvalue weighted by Gasteiger charge is -2.24. The first-order valence-electron chi connectivity index (χ1n) is 28.2. The highest BCUT2D eigenvalue weighted by Crippen LogP contribution is 2.17. The number of amides is 1. The van der Waals surface area contributed by atoms with E-state index in [4.69, 9.17) is 4.74 Å². The Labute approximate surface area is 409 Å². The fourth-order valence-corrected chi connectivity index (χ4v) is 8.24. The summed E-state index contributed by atoms with van der Waals surface area (Å²) in [6.07, 6.45) is 68.4. The third kappa shape index (κ3) is 47.8. The van der Waals surface area contributed by atoms with Gasteiger partial charge in [0.1, 0.15) is 6.10 Å². The molecule has 0 aromatic heterocycles. The van der Waals surface area contributed by atoms with Gasteiger partial charge in [0.25, 0.3) is 0 Å². The Kier molecular flexibility index (Phi) is 51.1. The van der Waals surface area contributed by atoms with Gasteiger partial charge in [0.15, 0.2) is 0 Å². The number of aliphatic hydroxyl groups excluding tert-OH is 2. The van der Waals surface area contributed by atoms with Crippen molar-refractivity contribution in [2.75, 3.05) is 6.61 Å². The maximum Gasteiger partial charge on any atom is 0.306 e. The van der Waals surface area contributed by atoms with Crippen LogP contribution in [0.3, 0.4) is 0 Å². The number of unbranched alkanes of at least 4 members (excludes halogenated alkanes) is 26. The van der Waals surface area contributed by atoms with Gasteiger partial charge in [-0.05, 0) is 83.5 Å². The van der Waals surface area contributed by atoms with E-state index in [1.54, 1.807) is 0 Å². The minimum Gasteiger partial charge on any atom is -0.462 e. The molecule has 0 aliphatic rings. The number of hydrogen-bond donors (Lipinski definition) is 3. The van der Waals surface area contributed by atoms with E-state index in [2.05, 4.69) is 92.9 Å². The van der Waals surface area contributed by atoms with Gasteiger partial charge in [0.2, 0.25) is 5.91 Å². The molecule has 0 heterocycles. The topological polar surface area (TPSA) is 95.9 Å². The van der Waals surface area contributed by atoms with Crippen LogP contribution in [0.2, 0.25) is 0 Å². The van der Waals surface area contributed by atoms with Gasteiger partial charge in [-0.2, -0.15) is 0 Å². The Morgan fingerprint density at radius 1 is 0.439 bits per heavy atom. The molecule has 0 aliphatic heterocycles. The molecule has 0 fully saturated rings. The molecule has 1 amide bonds. The Morgan fingerprint density at radius 2 is 0.788 bits per heavy atom. The maximum atomic E-state index is 13.2. The molecule has 0 radical (unpaired) electrons. The molecule has 3 N–H and O–H groups in total. The Balaban J connectivity index is 4.69. The molecule has 0 saturated heterocycles. The number of carbonyl (C=O) groups excluding carboxylic acids is 2. The van der Waals surface area contributed by atoms with Crippen LogP contribution in [0.15, 0.2) is 72.9 Å². The van der Waals surface area contributed by atoms with E-state index >= 15 is 0 Å². The van der Waals surface area contributed by atoms with Crippen molar-refractivity contribution in [1.29, 1.82) is 0 Å². The van der Waals surface area contributed by atoms with Crippen molar-refractivity contribution in [2.45, 2.75) is 289 Å². The third-order valence-electron chi connectivity index (χ3n) is 12.5. The molecule has 0 rings (SSSR count). The summed E-state index contributed by atoms with van der Waals surface area (Å²) in [5, 5.41) is 23.8. The van der Waals surface area contributed by atoms with Gasteiger partial charge in [0, 0.05) is 6.42 Å². The first-order chi connectivity index (χ1) is 32.5. The molecule has 6 heteroatoms. The molecule has 6 nitrogen and oxygen atoms in total. The summed E-state index contributed by atoms with van der Waals surface area (Å²) in [5.74, 6) is -0.606. The zero-order chi connectivity index (χ0) is 48.1. The molecule has 0 aromatic carbocycles. The molecule has 3 atom stereocenters. The van der Waals surface area contributed by atoms with E-state index in [9.17, 15) is 19.8 Å². The number of carbonyl (C=O) groups is 2. The normalized spacial score (nSPS) is 13.7. The minimum atomic E-state index is -0.814. The van der Waals surface area contributed by atoms with E-state index in [1.807, 2.05) is 6.08 Å². The minimum absolute atomic E-state index is 0.0158. The predicted molar refractivity (Wildman–Crippen MR) is 287 cm³/mol. The Bertz CT molecular complexity index is 1220. The highest BCUT2D eigenvalue weighted by Gasteiger charge is 2.24. The van der Waals surface area contributed by atoms with Gasteiger partial charge in [0.05, 0.1) is 25.2 Å². The zero-order valence-electron chi connectivity index (χ0n) is 43.6. The molecule has 0 aliphatic carbocycles. The van der Waals surface area contributed by atoms with Crippen LogP contribution in [0.1, 0.15) is 271 Å². The van der Waals surface area contributed by atoms with Crippen LogP contribution in [-0.4, -0.2) is 46.9 Å². The highest BCUT2D eigenvalue weighted by atomic mass is 16.5. The van der Waals surface area contributed by atoms with Crippen LogP contribution >= 0.6 is 0 Å². The smallest absolute Gasteiger partial charge is 0.306 e. The largest absolute Gasteiger partial charge is 0.462 e. The molecular weight excluding hydrogens is 815 g/mol. The standard InChI is InChI=1S/C60H107NO5/c1-4-7-10-13-16-19-22-25-27-29-31-34-36-39-42-45-48-51-56(66-60(65)53-50-47-44-41-38-33-24-21-18-15-12-9-6-3)54-59(64)61-57(55-62)58(63)52-49-46-43-40-37-35-32-30-28-26-23-20-17-14-11-8-5-2/h16,19,25,27,31,33-34,38-39,42,44,47,56-58,62-63H,4-15,17-18,20-24,26,28-30,32,35-37,40-41,43,45-46,48-55H2,1-3H3,(H,61,64)/b19-16-,27-25-,34-31-,38-33-,42-39-,47-44+. The van der Waals surface area contributed by atoms with Crippen LogP contribution in [0, 0.1) is 0 Å². The van der Waals surface area contributed by atoms with Crippen molar-refractivity contribution in [3.8, 4) is 0 Å². The van der Waals surface area contributed by atoms with Crippen LogP contribution in [0.5, 0.6) is 0 Å². The van der Waals surface area contributed by atoms with Crippen molar-refractivity contribution in [3.05, 3.63) is 72.9 Å².